The van der Waals surface area contributed by atoms with Crippen molar-refractivity contribution in [3.63, 3.8) is 0 Å². The summed E-state index contributed by atoms with van der Waals surface area (Å²) in [5.41, 5.74) is 1.13. The van der Waals surface area contributed by atoms with E-state index in [-0.39, 0.29) is 5.41 Å². The van der Waals surface area contributed by atoms with Gasteiger partial charge in [-0.05, 0) is 31.0 Å². The van der Waals surface area contributed by atoms with Crippen LogP contribution in [0.4, 0.5) is 0 Å². The first-order valence-electron chi connectivity index (χ1n) is 6.75. The van der Waals surface area contributed by atoms with E-state index in [0.717, 1.165) is 43.2 Å². The second-order valence-corrected chi connectivity index (χ2v) is 5.11. The van der Waals surface area contributed by atoms with E-state index in [1.807, 2.05) is 18.3 Å². The first-order chi connectivity index (χ1) is 9.32. The highest BCUT2D eigenvalue weighted by atomic mass is 16.5. The maximum absolute atomic E-state index is 5.49. The molecule has 1 atom stereocenters. The molecule has 1 N–H and O–H groups in total. The average molecular weight is 258 g/mol. The summed E-state index contributed by atoms with van der Waals surface area (Å²) in [6.45, 7) is 4.13. The molecule has 0 saturated carbocycles. The predicted octanol–water partition coefficient (Wildman–Crippen LogP) is 1.70. The molecule has 3 rings (SSSR count). The summed E-state index contributed by atoms with van der Waals surface area (Å²) in [4.78, 5) is 8.68. The molecule has 2 aromatic rings. The van der Waals surface area contributed by atoms with Crippen LogP contribution in [-0.2, 0) is 11.8 Å². The smallest absolute Gasteiger partial charge is 0.234 e. The Morgan fingerprint density at radius 2 is 2.42 bits per heavy atom. The molecule has 0 amide bonds. The van der Waals surface area contributed by atoms with Gasteiger partial charge in [-0.2, -0.15) is 4.98 Å². The monoisotopic (exact) mass is 258 g/mol. The molecule has 0 aromatic carbocycles. The quantitative estimate of drug-likeness (QED) is 0.904. The number of aromatic nitrogens is 3. The first-order valence-corrected chi connectivity index (χ1v) is 6.75. The van der Waals surface area contributed by atoms with E-state index in [9.17, 15) is 0 Å². The summed E-state index contributed by atoms with van der Waals surface area (Å²) in [7, 11) is 0. The Morgan fingerprint density at radius 3 is 3.11 bits per heavy atom. The van der Waals surface area contributed by atoms with Gasteiger partial charge in [0.15, 0.2) is 5.82 Å². The van der Waals surface area contributed by atoms with Crippen molar-refractivity contribution in [1.82, 2.24) is 20.4 Å². The molecule has 0 aliphatic carbocycles. The van der Waals surface area contributed by atoms with Crippen LogP contribution >= 0.6 is 0 Å². The largest absolute Gasteiger partial charge is 0.339 e. The van der Waals surface area contributed by atoms with Gasteiger partial charge >= 0.3 is 0 Å². The van der Waals surface area contributed by atoms with Gasteiger partial charge in [0.05, 0.1) is 5.41 Å². The molecule has 0 radical (unpaired) electrons. The highest BCUT2D eigenvalue weighted by Gasteiger charge is 2.39. The van der Waals surface area contributed by atoms with Crippen molar-refractivity contribution in [3.05, 3.63) is 41.8 Å². The van der Waals surface area contributed by atoms with Crippen LogP contribution in [0.2, 0.25) is 0 Å². The van der Waals surface area contributed by atoms with Crippen LogP contribution in [0, 0.1) is 0 Å². The van der Waals surface area contributed by atoms with E-state index in [2.05, 4.69) is 27.4 Å². The lowest BCUT2D eigenvalue weighted by Gasteiger charge is -2.20. The minimum Gasteiger partial charge on any atom is -0.339 e. The molecule has 1 saturated heterocycles. The van der Waals surface area contributed by atoms with Gasteiger partial charge in [0.1, 0.15) is 0 Å². The maximum atomic E-state index is 5.49. The van der Waals surface area contributed by atoms with Gasteiger partial charge in [-0.25, -0.2) is 0 Å². The SMILES string of the molecule is CCC1(c2nc(Cc3cccnc3)no2)CCNC1. The van der Waals surface area contributed by atoms with Crippen LogP contribution in [0.3, 0.4) is 0 Å². The van der Waals surface area contributed by atoms with E-state index in [4.69, 9.17) is 4.52 Å². The van der Waals surface area contributed by atoms with Crippen molar-refractivity contribution in [1.29, 1.82) is 0 Å². The Kier molecular flexibility index (Phi) is 3.29. The molecule has 2 aromatic heterocycles. The zero-order valence-corrected chi connectivity index (χ0v) is 11.1. The summed E-state index contributed by atoms with van der Waals surface area (Å²) >= 11 is 0. The predicted molar refractivity (Wildman–Crippen MR) is 70.8 cm³/mol. The molecule has 1 aliphatic heterocycles. The normalized spacial score (nSPS) is 22.8. The van der Waals surface area contributed by atoms with Gasteiger partial charge in [0.25, 0.3) is 0 Å². The van der Waals surface area contributed by atoms with Crippen molar-refractivity contribution >= 4 is 0 Å². The Morgan fingerprint density at radius 1 is 1.47 bits per heavy atom. The number of nitrogens with one attached hydrogen (secondary N) is 1. The molecule has 100 valence electrons. The second kappa shape index (κ2) is 5.09. The van der Waals surface area contributed by atoms with Crippen molar-refractivity contribution in [3.8, 4) is 0 Å². The fourth-order valence-corrected chi connectivity index (χ4v) is 2.61. The summed E-state index contributed by atoms with van der Waals surface area (Å²) in [5, 5.41) is 7.49. The summed E-state index contributed by atoms with van der Waals surface area (Å²) in [6.07, 6.45) is 6.36. The lowest BCUT2D eigenvalue weighted by molar-refractivity contribution is 0.283. The van der Waals surface area contributed by atoms with E-state index >= 15 is 0 Å². The van der Waals surface area contributed by atoms with Crippen LogP contribution < -0.4 is 5.32 Å². The summed E-state index contributed by atoms with van der Waals surface area (Å²) in [6, 6.07) is 3.94. The first kappa shape index (κ1) is 12.3. The Balaban J connectivity index is 1.79. The molecule has 3 heterocycles. The summed E-state index contributed by atoms with van der Waals surface area (Å²) < 4.78 is 5.49. The molecule has 19 heavy (non-hydrogen) atoms. The van der Waals surface area contributed by atoms with Gasteiger partial charge in [0.2, 0.25) is 5.89 Å². The molecule has 1 aliphatic rings. The molecule has 1 fully saturated rings. The van der Waals surface area contributed by atoms with Gasteiger partial charge in [-0.3, -0.25) is 4.98 Å². The van der Waals surface area contributed by atoms with E-state index in [0.29, 0.717) is 6.42 Å². The topological polar surface area (TPSA) is 63.8 Å². The fraction of sp³-hybridized carbons (Fsp3) is 0.500. The molecule has 0 spiro atoms. The molecular weight excluding hydrogens is 240 g/mol. The highest BCUT2D eigenvalue weighted by molar-refractivity contribution is 5.15. The van der Waals surface area contributed by atoms with Crippen molar-refractivity contribution in [2.24, 2.45) is 0 Å². The fourth-order valence-electron chi connectivity index (χ4n) is 2.61. The van der Waals surface area contributed by atoms with Crippen molar-refractivity contribution < 1.29 is 4.52 Å². The van der Waals surface area contributed by atoms with E-state index in [1.165, 1.54) is 0 Å². The van der Waals surface area contributed by atoms with Crippen LogP contribution in [0.15, 0.2) is 29.0 Å². The Bertz CT molecular complexity index is 531. The van der Waals surface area contributed by atoms with E-state index in [1.54, 1.807) is 6.20 Å². The zero-order valence-electron chi connectivity index (χ0n) is 11.1. The molecule has 0 bridgehead atoms. The van der Waals surface area contributed by atoms with Crippen LogP contribution in [0.25, 0.3) is 0 Å². The minimum absolute atomic E-state index is 0.0280. The molecule has 5 nitrogen and oxygen atoms in total. The third-order valence-electron chi connectivity index (χ3n) is 3.93. The lowest BCUT2D eigenvalue weighted by Crippen LogP contribution is -2.28. The van der Waals surface area contributed by atoms with Gasteiger partial charge in [-0.1, -0.05) is 18.1 Å². The van der Waals surface area contributed by atoms with E-state index < -0.39 is 0 Å². The van der Waals surface area contributed by atoms with Crippen LogP contribution in [0.1, 0.15) is 37.0 Å². The third-order valence-corrected chi connectivity index (χ3v) is 3.93. The summed E-state index contributed by atoms with van der Waals surface area (Å²) in [5.74, 6) is 1.52. The Labute approximate surface area is 112 Å². The number of rotatable bonds is 4. The number of pyridine rings is 1. The number of hydrogen-bond acceptors (Lipinski definition) is 5. The second-order valence-electron chi connectivity index (χ2n) is 5.11. The van der Waals surface area contributed by atoms with Crippen molar-refractivity contribution in [2.75, 3.05) is 13.1 Å². The van der Waals surface area contributed by atoms with Gasteiger partial charge < -0.3 is 9.84 Å². The average Bonchev–Trinajstić information content (AvgIpc) is 3.09. The zero-order chi connectivity index (χ0) is 13.1. The van der Waals surface area contributed by atoms with Crippen molar-refractivity contribution in [2.45, 2.75) is 31.6 Å². The molecule has 1 unspecified atom stereocenters. The Hall–Kier alpha value is -1.75. The molecular formula is C14H18N4O. The van der Waals surface area contributed by atoms with Gasteiger partial charge in [-0.15, -0.1) is 0 Å². The standard InChI is InChI=1S/C14H18N4O/c1-2-14(5-7-16-10-14)13-17-12(18-19-13)8-11-4-3-6-15-9-11/h3-4,6,9,16H,2,5,7-8,10H2,1H3. The number of hydrogen-bond donors (Lipinski definition) is 1. The van der Waals surface area contributed by atoms with Crippen LogP contribution in [-0.4, -0.2) is 28.2 Å². The third kappa shape index (κ3) is 2.38. The van der Waals surface area contributed by atoms with Crippen LogP contribution in [0.5, 0.6) is 0 Å². The maximum Gasteiger partial charge on any atom is 0.234 e. The molecule has 5 heteroatoms. The lowest BCUT2D eigenvalue weighted by atomic mass is 9.84. The highest BCUT2D eigenvalue weighted by Crippen LogP contribution is 2.32. The van der Waals surface area contributed by atoms with Gasteiger partial charge in [0, 0.05) is 25.4 Å². The number of nitrogens with zero attached hydrogens (tertiary/aromatic N) is 3. The minimum atomic E-state index is 0.0280.